The Morgan fingerprint density at radius 3 is 2.32 bits per heavy atom. The van der Waals surface area contributed by atoms with E-state index in [0.717, 1.165) is 46.4 Å². The first kappa shape index (κ1) is 24.8. The summed E-state index contributed by atoms with van der Waals surface area (Å²) in [7, 11) is 5.05. The van der Waals surface area contributed by atoms with Gasteiger partial charge in [-0.3, -0.25) is 9.59 Å². The van der Waals surface area contributed by atoms with Gasteiger partial charge in [-0.2, -0.15) is 0 Å². The maximum atomic E-state index is 13.3. The minimum Gasteiger partial charge on any atom is -0.497 e. The SMILES string of the molecule is COc1ccc(/C=C2\Sc3ccc(C(=O)N4CCN(c5ccccc5OC)CC4)cc3N(C)C2=O)cc1. The Morgan fingerprint density at radius 2 is 1.62 bits per heavy atom. The number of amides is 2. The van der Waals surface area contributed by atoms with Crippen molar-refractivity contribution in [1.82, 2.24) is 4.90 Å². The van der Waals surface area contributed by atoms with Crippen molar-refractivity contribution in [2.75, 3.05) is 57.2 Å². The van der Waals surface area contributed by atoms with Crippen LogP contribution in [-0.2, 0) is 4.79 Å². The molecular weight excluding hydrogens is 486 g/mol. The number of thioether (sulfide) groups is 1. The largest absolute Gasteiger partial charge is 0.497 e. The van der Waals surface area contributed by atoms with E-state index in [1.165, 1.54) is 11.8 Å². The lowest BCUT2D eigenvalue weighted by Gasteiger charge is -2.37. The molecule has 0 bridgehead atoms. The Hall–Kier alpha value is -3.91. The molecular formula is C29H29N3O4S. The number of rotatable bonds is 5. The third kappa shape index (κ3) is 5.02. The van der Waals surface area contributed by atoms with Gasteiger partial charge in [0.1, 0.15) is 11.5 Å². The smallest absolute Gasteiger partial charge is 0.264 e. The highest BCUT2D eigenvalue weighted by Gasteiger charge is 2.29. The Balaban J connectivity index is 1.30. The van der Waals surface area contributed by atoms with E-state index in [-0.39, 0.29) is 11.8 Å². The second-order valence-electron chi connectivity index (χ2n) is 8.88. The van der Waals surface area contributed by atoms with Gasteiger partial charge in [0.25, 0.3) is 11.8 Å². The molecule has 37 heavy (non-hydrogen) atoms. The van der Waals surface area contributed by atoms with Crippen LogP contribution in [0.2, 0.25) is 0 Å². The first-order valence-electron chi connectivity index (χ1n) is 12.1. The molecule has 2 heterocycles. The summed E-state index contributed by atoms with van der Waals surface area (Å²) in [5.74, 6) is 1.49. The van der Waals surface area contributed by atoms with Crippen LogP contribution in [0.15, 0.2) is 76.5 Å². The van der Waals surface area contributed by atoms with Crippen molar-refractivity contribution in [2.45, 2.75) is 4.90 Å². The van der Waals surface area contributed by atoms with E-state index in [4.69, 9.17) is 9.47 Å². The molecule has 2 aliphatic heterocycles. The molecule has 0 aromatic heterocycles. The molecule has 0 radical (unpaired) electrons. The Kier molecular flexibility index (Phi) is 7.10. The lowest BCUT2D eigenvalue weighted by molar-refractivity contribution is -0.114. The molecule has 0 aliphatic carbocycles. The van der Waals surface area contributed by atoms with Crippen LogP contribution in [0, 0.1) is 0 Å². The summed E-state index contributed by atoms with van der Waals surface area (Å²) in [4.78, 5) is 33.8. The van der Waals surface area contributed by atoms with Crippen LogP contribution >= 0.6 is 11.8 Å². The number of anilines is 2. The zero-order valence-corrected chi connectivity index (χ0v) is 22.0. The van der Waals surface area contributed by atoms with Gasteiger partial charge in [-0.05, 0) is 54.1 Å². The number of hydrogen-bond donors (Lipinski definition) is 0. The Morgan fingerprint density at radius 1 is 0.892 bits per heavy atom. The van der Waals surface area contributed by atoms with Crippen molar-refractivity contribution in [3.63, 3.8) is 0 Å². The first-order chi connectivity index (χ1) is 18.0. The Bertz CT molecular complexity index is 1350. The number of nitrogens with zero attached hydrogens (tertiary/aromatic N) is 3. The van der Waals surface area contributed by atoms with E-state index in [9.17, 15) is 9.59 Å². The van der Waals surface area contributed by atoms with Crippen LogP contribution in [0.4, 0.5) is 11.4 Å². The quantitative estimate of drug-likeness (QED) is 0.456. The number of benzene rings is 3. The zero-order valence-electron chi connectivity index (χ0n) is 21.1. The van der Waals surface area contributed by atoms with Gasteiger partial charge >= 0.3 is 0 Å². The first-order valence-corrected chi connectivity index (χ1v) is 12.9. The van der Waals surface area contributed by atoms with Gasteiger partial charge in [-0.15, -0.1) is 0 Å². The predicted molar refractivity (Wildman–Crippen MR) is 148 cm³/mol. The van der Waals surface area contributed by atoms with E-state index in [1.807, 2.05) is 77.7 Å². The number of hydrogen-bond acceptors (Lipinski definition) is 6. The third-order valence-corrected chi connectivity index (χ3v) is 7.79. The Labute approximate surface area is 221 Å². The number of methoxy groups -OCH3 is 2. The lowest BCUT2D eigenvalue weighted by atomic mass is 10.1. The number of piperazine rings is 1. The lowest BCUT2D eigenvalue weighted by Crippen LogP contribution is -2.49. The molecule has 190 valence electrons. The van der Waals surface area contributed by atoms with Crippen LogP contribution in [0.5, 0.6) is 11.5 Å². The third-order valence-electron chi connectivity index (χ3n) is 6.71. The number of ether oxygens (including phenoxy) is 2. The van der Waals surface area contributed by atoms with Gasteiger partial charge < -0.3 is 24.2 Å². The van der Waals surface area contributed by atoms with Gasteiger partial charge in [0.2, 0.25) is 0 Å². The predicted octanol–water partition coefficient (Wildman–Crippen LogP) is 4.78. The molecule has 0 N–H and O–H groups in total. The summed E-state index contributed by atoms with van der Waals surface area (Å²) in [5, 5.41) is 0. The highest BCUT2D eigenvalue weighted by molar-refractivity contribution is 8.04. The molecule has 0 unspecified atom stereocenters. The monoisotopic (exact) mass is 515 g/mol. The summed E-state index contributed by atoms with van der Waals surface area (Å²) in [6, 6.07) is 21.2. The van der Waals surface area contributed by atoms with Crippen molar-refractivity contribution < 1.29 is 19.1 Å². The molecule has 3 aromatic carbocycles. The molecule has 7 nitrogen and oxygen atoms in total. The summed E-state index contributed by atoms with van der Waals surface area (Å²) in [6.45, 7) is 2.69. The standard InChI is InChI=1S/C29H29N3O4S/c1-30-24-19-21(28(33)32-16-14-31(15-17-32)23-6-4-5-7-25(23)36-3)10-13-26(24)37-27(29(30)34)18-20-8-11-22(35-2)12-9-20/h4-13,18-19H,14-17H2,1-3H3/b27-18-. The fourth-order valence-electron chi connectivity index (χ4n) is 4.60. The van der Waals surface area contributed by atoms with Gasteiger partial charge in [0.05, 0.1) is 30.5 Å². The summed E-state index contributed by atoms with van der Waals surface area (Å²) in [6.07, 6.45) is 1.88. The van der Waals surface area contributed by atoms with Gasteiger partial charge in [0.15, 0.2) is 0 Å². The molecule has 1 fully saturated rings. The average Bonchev–Trinajstić information content (AvgIpc) is 2.95. The molecule has 2 amide bonds. The molecule has 0 spiro atoms. The number of fused-ring (bicyclic) bond motifs is 1. The fraction of sp³-hybridized carbons (Fsp3) is 0.241. The van der Waals surface area contributed by atoms with Crippen LogP contribution in [0.1, 0.15) is 15.9 Å². The van der Waals surface area contributed by atoms with E-state index < -0.39 is 0 Å². The van der Waals surface area contributed by atoms with Gasteiger partial charge in [-0.25, -0.2) is 0 Å². The van der Waals surface area contributed by atoms with Crippen LogP contribution in [0.3, 0.4) is 0 Å². The van der Waals surface area contributed by atoms with E-state index in [2.05, 4.69) is 4.90 Å². The molecule has 2 aliphatic rings. The van der Waals surface area contributed by atoms with Crippen molar-refractivity contribution in [3.8, 4) is 11.5 Å². The highest BCUT2D eigenvalue weighted by atomic mass is 32.2. The highest BCUT2D eigenvalue weighted by Crippen LogP contribution is 2.42. The second-order valence-corrected chi connectivity index (χ2v) is 9.97. The maximum absolute atomic E-state index is 13.3. The van der Waals surface area contributed by atoms with E-state index >= 15 is 0 Å². The number of carbonyl (C=O) groups excluding carboxylic acids is 2. The number of carbonyl (C=O) groups is 2. The van der Waals surface area contributed by atoms with Crippen molar-refractivity contribution >= 4 is 41.0 Å². The molecule has 3 aromatic rings. The van der Waals surface area contributed by atoms with Crippen LogP contribution < -0.4 is 19.3 Å². The zero-order chi connectivity index (χ0) is 25.9. The number of likely N-dealkylation sites (N-methyl/N-ethyl adjacent to an activating group) is 1. The normalized spacial score (nSPS) is 16.6. The van der Waals surface area contributed by atoms with Crippen molar-refractivity contribution in [2.24, 2.45) is 0 Å². The summed E-state index contributed by atoms with van der Waals surface area (Å²) >= 11 is 1.43. The van der Waals surface area contributed by atoms with E-state index in [0.29, 0.717) is 23.6 Å². The molecule has 1 saturated heterocycles. The maximum Gasteiger partial charge on any atom is 0.264 e. The fourth-order valence-corrected chi connectivity index (χ4v) is 5.70. The van der Waals surface area contributed by atoms with Crippen molar-refractivity contribution in [3.05, 3.63) is 82.8 Å². The van der Waals surface area contributed by atoms with Gasteiger partial charge in [0, 0.05) is 43.7 Å². The molecule has 0 atom stereocenters. The molecule has 5 rings (SSSR count). The van der Waals surface area contributed by atoms with Crippen molar-refractivity contribution in [1.29, 1.82) is 0 Å². The molecule has 0 saturated carbocycles. The second kappa shape index (κ2) is 10.6. The average molecular weight is 516 g/mol. The van der Waals surface area contributed by atoms with Crippen LogP contribution in [0.25, 0.3) is 6.08 Å². The van der Waals surface area contributed by atoms with E-state index in [1.54, 1.807) is 26.2 Å². The minimum absolute atomic E-state index is 0.0205. The summed E-state index contributed by atoms with van der Waals surface area (Å²) < 4.78 is 10.7. The van der Waals surface area contributed by atoms with Crippen LogP contribution in [-0.4, -0.2) is 64.2 Å². The summed E-state index contributed by atoms with van der Waals surface area (Å²) in [5.41, 5.74) is 3.31. The van der Waals surface area contributed by atoms with Gasteiger partial charge in [-0.1, -0.05) is 36.0 Å². The minimum atomic E-state index is -0.0941. The molecule has 8 heteroatoms. The number of para-hydroxylation sites is 2. The topological polar surface area (TPSA) is 62.3 Å².